The topological polar surface area (TPSA) is 54.4 Å². The summed E-state index contributed by atoms with van der Waals surface area (Å²) in [5, 5.41) is 7.64. The number of rotatable bonds is 1. The molecule has 0 aliphatic heterocycles. The second kappa shape index (κ2) is 5.91. The molecule has 1 aromatic rings. The maximum atomic E-state index is 9.54. The van der Waals surface area contributed by atoms with Crippen LogP contribution in [0.5, 0.6) is 0 Å². The van der Waals surface area contributed by atoms with Gasteiger partial charge in [0.2, 0.25) is 5.78 Å². The highest BCUT2D eigenvalue weighted by Gasteiger charge is 1.98. The van der Waals surface area contributed by atoms with Crippen LogP contribution in [-0.2, 0) is 9.59 Å². The van der Waals surface area contributed by atoms with Crippen molar-refractivity contribution in [1.29, 1.82) is 0 Å². The van der Waals surface area contributed by atoms with E-state index < -0.39 is 11.8 Å². The van der Waals surface area contributed by atoms with Crippen LogP contribution in [0.3, 0.4) is 0 Å². The van der Waals surface area contributed by atoms with E-state index in [-0.39, 0.29) is 0 Å². The lowest BCUT2D eigenvalue weighted by atomic mass is 10.1. The third-order valence-corrected chi connectivity index (χ3v) is 1.73. The van der Waals surface area contributed by atoms with Crippen molar-refractivity contribution in [2.75, 3.05) is 0 Å². The Morgan fingerprint density at radius 2 is 1.36 bits per heavy atom. The van der Waals surface area contributed by atoms with E-state index in [9.17, 15) is 9.59 Å². The summed E-state index contributed by atoms with van der Waals surface area (Å²) >= 11 is 0. The van der Waals surface area contributed by atoms with Gasteiger partial charge in [-0.3, -0.25) is 4.79 Å². The van der Waals surface area contributed by atoms with Crippen molar-refractivity contribution in [1.82, 2.24) is 0 Å². The molecule has 1 rings (SSSR count). The van der Waals surface area contributed by atoms with Gasteiger partial charge in [-0.25, -0.2) is 4.79 Å². The minimum atomic E-state index is -1.38. The number of aliphatic carboxylic acids is 1. The third-order valence-electron chi connectivity index (χ3n) is 1.73. The predicted octanol–water partition coefficient (Wildman–Crippen LogP) is 1.96. The van der Waals surface area contributed by atoms with Crippen LogP contribution in [0.15, 0.2) is 24.3 Å². The van der Waals surface area contributed by atoms with Crippen LogP contribution in [0.4, 0.5) is 0 Å². The Kier molecular flexibility index (Phi) is 5.22. The van der Waals surface area contributed by atoms with Gasteiger partial charge in [0.1, 0.15) is 0 Å². The van der Waals surface area contributed by atoms with E-state index in [1.165, 1.54) is 11.1 Å². The van der Waals surface area contributed by atoms with Gasteiger partial charge in [0.05, 0.1) is 0 Å². The van der Waals surface area contributed by atoms with E-state index >= 15 is 0 Å². The molecule has 0 aliphatic rings. The summed E-state index contributed by atoms with van der Waals surface area (Å²) < 4.78 is 0. The quantitative estimate of drug-likeness (QED) is 0.695. The summed E-state index contributed by atoms with van der Waals surface area (Å²) in [4.78, 5) is 18.9. The molecule has 0 unspecified atom stereocenters. The molecule has 0 spiro atoms. The zero-order valence-electron chi connectivity index (χ0n) is 8.57. The van der Waals surface area contributed by atoms with Crippen molar-refractivity contribution in [2.45, 2.75) is 20.8 Å². The monoisotopic (exact) mass is 194 g/mol. The van der Waals surface area contributed by atoms with E-state index in [0.29, 0.717) is 0 Å². The molecular weight excluding hydrogens is 180 g/mol. The first-order valence-corrected chi connectivity index (χ1v) is 4.21. The number of ketones is 1. The molecule has 14 heavy (non-hydrogen) atoms. The van der Waals surface area contributed by atoms with Gasteiger partial charge < -0.3 is 5.11 Å². The van der Waals surface area contributed by atoms with Gasteiger partial charge in [0.25, 0.3) is 0 Å². The fourth-order valence-corrected chi connectivity index (χ4v) is 0.663. The first-order chi connectivity index (χ1) is 6.45. The lowest BCUT2D eigenvalue weighted by molar-refractivity contribution is -0.148. The number of hydrogen-bond donors (Lipinski definition) is 1. The van der Waals surface area contributed by atoms with Gasteiger partial charge in [-0.05, 0) is 25.0 Å². The van der Waals surface area contributed by atoms with Gasteiger partial charge in [-0.15, -0.1) is 0 Å². The van der Waals surface area contributed by atoms with E-state index in [1.54, 1.807) is 0 Å². The molecule has 0 bridgehead atoms. The van der Waals surface area contributed by atoms with Gasteiger partial charge in [-0.2, -0.15) is 0 Å². The molecule has 0 atom stereocenters. The standard InChI is InChI=1S/C8H10.C3H4O3/c1-7-5-3-4-6-8(7)2;1-2(4)3(5)6/h3-6H,1-2H3;1H3,(H,5,6). The number of carboxylic acids is 1. The Morgan fingerprint density at radius 3 is 1.50 bits per heavy atom. The van der Waals surface area contributed by atoms with Crippen molar-refractivity contribution in [3.63, 3.8) is 0 Å². The normalized spacial score (nSPS) is 8.50. The zero-order valence-corrected chi connectivity index (χ0v) is 8.57. The number of aryl methyl sites for hydroxylation is 2. The molecule has 0 amide bonds. The highest BCUT2D eigenvalue weighted by Crippen LogP contribution is 2.02. The van der Waals surface area contributed by atoms with Gasteiger partial charge >= 0.3 is 5.97 Å². The van der Waals surface area contributed by atoms with Crippen molar-refractivity contribution < 1.29 is 14.7 Å². The Morgan fingerprint density at radius 1 is 1.07 bits per heavy atom. The van der Waals surface area contributed by atoms with Crippen LogP contribution in [0.1, 0.15) is 18.1 Å². The fourth-order valence-electron chi connectivity index (χ4n) is 0.663. The average Bonchev–Trinajstić information content (AvgIpc) is 2.11. The summed E-state index contributed by atoms with van der Waals surface area (Å²) in [5.74, 6) is -2.20. The Hall–Kier alpha value is -1.64. The Balaban J connectivity index is 0.000000255. The van der Waals surface area contributed by atoms with Gasteiger partial charge in [-0.1, -0.05) is 24.3 Å². The molecule has 1 aromatic carbocycles. The third kappa shape index (κ3) is 5.09. The highest BCUT2D eigenvalue weighted by atomic mass is 16.4. The first kappa shape index (κ1) is 12.4. The maximum Gasteiger partial charge on any atom is 0.371 e. The second-order valence-electron chi connectivity index (χ2n) is 2.95. The summed E-state index contributed by atoms with van der Waals surface area (Å²) in [5.41, 5.74) is 2.74. The average molecular weight is 194 g/mol. The van der Waals surface area contributed by atoms with E-state index in [4.69, 9.17) is 5.11 Å². The van der Waals surface area contributed by atoms with Gasteiger partial charge in [0, 0.05) is 6.92 Å². The molecule has 0 saturated heterocycles. The molecular formula is C11H14O3. The molecule has 1 N–H and O–H groups in total. The molecule has 0 fully saturated rings. The van der Waals surface area contributed by atoms with Gasteiger partial charge in [0.15, 0.2) is 0 Å². The van der Waals surface area contributed by atoms with Crippen molar-refractivity contribution in [3.8, 4) is 0 Å². The highest BCUT2D eigenvalue weighted by molar-refractivity contribution is 6.31. The Labute approximate surface area is 83.4 Å². The second-order valence-corrected chi connectivity index (χ2v) is 2.95. The molecule has 0 aromatic heterocycles. The molecule has 3 heteroatoms. The smallest absolute Gasteiger partial charge is 0.371 e. The first-order valence-electron chi connectivity index (χ1n) is 4.21. The van der Waals surface area contributed by atoms with E-state index in [1.807, 2.05) is 0 Å². The number of carboxylic acid groups (broad SMARTS) is 1. The van der Waals surface area contributed by atoms with E-state index in [0.717, 1.165) is 6.92 Å². The molecule has 0 aliphatic carbocycles. The predicted molar refractivity (Wildman–Crippen MR) is 54.2 cm³/mol. The fraction of sp³-hybridized carbons (Fsp3) is 0.273. The van der Waals surface area contributed by atoms with Crippen LogP contribution in [-0.4, -0.2) is 16.9 Å². The minimum Gasteiger partial charge on any atom is -0.476 e. The van der Waals surface area contributed by atoms with Crippen LogP contribution in [0.2, 0.25) is 0 Å². The summed E-state index contributed by atoms with van der Waals surface area (Å²) in [6.45, 7) is 5.24. The molecule has 76 valence electrons. The zero-order chi connectivity index (χ0) is 11.1. The van der Waals surface area contributed by atoms with Crippen molar-refractivity contribution in [3.05, 3.63) is 35.4 Å². The van der Waals surface area contributed by atoms with Crippen molar-refractivity contribution in [2.24, 2.45) is 0 Å². The molecule has 0 heterocycles. The summed E-state index contributed by atoms with van der Waals surface area (Å²) in [6.07, 6.45) is 0. The lowest BCUT2D eigenvalue weighted by Gasteiger charge is -1.93. The number of carbonyl (C=O) groups is 2. The largest absolute Gasteiger partial charge is 0.476 e. The number of hydrogen-bond acceptors (Lipinski definition) is 2. The Bertz CT molecular complexity index is 296. The maximum absolute atomic E-state index is 9.54. The lowest BCUT2D eigenvalue weighted by Crippen LogP contribution is -2.05. The minimum absolute atomic E-state index is 0.824. The summed E-state index contributed by atoms with van der Waals surface area (Å²) in [7, 11) is 0. The van der Waals surface area contributed by atoms with E-state index in [2.05, 4.69) is 38.1 Å². The summed E-state index contributed by atoms with van der Waals surface area (Å²) in [6, 6.07) is 8.36. The van der Waals surface area contributed by atoms with Crippen molar-refractivity contribution >= 4 is 11.8 Å². The SMILES string of the molecule is CC(=O)C(=O)O.Cc1ccccc1C. The van der Waals surface area contributed by atoms with Crippen LogP contribution >= 0.6 is 0 Å². The molecule has 0 radical (unpaired) electrons. The number of Topliss-reactive ketones (excluding diaryl/α,β-unsaturated/α-hetero) is 1. The molecule has 0 saturated carbocycles. The van der Waals surface area contributed by atoms with Crippen LogP contribution in [0.25, 0.3) is 0 Å². The van der Waals surface area contributed by atoms with Crippen LogP contribution < -0.4 is 0 Å². The number of carbonyl (C=O) groups excluding carboxylic acids is 1. The van der Waals surface area contributed by atoms with Crippen LogP contribution in [0, 0.1) is 13.8 Å². The molecule has 3 nitrogen and oxygen atoms in total. The number of benzene rings is 1.